The number of hydrogen-bond donors (Lipinski definition) is 2. The molecule has 2 rings (SSSR count). The van der Waals surface area contributed by atoms with E-state index in [0.29, 0.717) is 0 Å². The van der Waals surface area contributed by atoms with Crippen LogP contribution >= 0.6 is 11.8 Å². The largest absolute Gasteiger partial charge is 0.330 e. The Kier molecular flexibility index (Phi) is 5.63. The lowest BCUT2D eigenvalue weighted by Crippen LogP contribution is -2.31. The number of thioether (sulfide) groups is 1. The molecule has 0 saturated carbocycles. The highest BCUT2D eigenvalue weighted by Gasteiger charge is 2.11. The summed E-state index contributed by atoms with van der Waals surface area (Å²) in [4.78, 5) is 17.4. The van der Waals surface area contributed by atoms with Crippen LogP contribution in [0.25, 0.3) is 0 Å². The maximum absolute atomic E-state index is 12.1. The van der Waals surface area contributed by atoms with Gasteiger partial charge in [-0.15, -0.1) is 11.8 Å². The zero-order valence-electron chi connectivity index (χ0n) is 12.2. The van der Waals surface area contributed by atoms with Crippen molar-refractivity contribution in [1.82, 2.24) is 10.3 Å². The van der Waals surface area contributed by atoms with Crippen LogP contribution in [0.15, 0.2) is 53.6 Å². The van der Waals surface area contributed by atoms with Gasteiger partial charge in [0.2, 0.25) is 0 Å². The second-order valence-electron chi connectivity index (χ2n) is 4.50. The van der Waals surface area contributed by atoms with E-state index in [1.54, 1.807) is 18.0 Å². The lowest BCUT2D eigenvalue weighted by molar-refractivity contribution is 0.249. The highest BCUT2D eigenvalue weighted by molar-refractivity contribution is 7.99. The Morgan fingerprint density at radius 1 is 1.24 bits per heavy atom. The van der Waals surface area contributed by atoms with E-state index in [4.69, 9.17) is 0 Å². The first-order valence-electron chi connectivity index (χ1n) is 6.91. The molecule has 0 fully saturated rings. The van der Waals surface area contributed by atoms with Gasteiger partial charge in [0, 0.05) is 11.1 Å². The monoisotopic (exact) mass is 301 g/mol. The van der Waals surface area contributed by atoms with Crippen LogP contribution < -0.4 is 10.6 Å². The zero-order chi connectivity index (χ0) is 15.1. The van der Waals surface area contributed by atoms with Crippen molar-refractivity contribution < 1.29 is 4.79 Å². The van der Waals surface area contributed by atoms with E-state index in [1.165, 1.54) is 0 Å². The number of urea groups is 1. The molecule has 21 heavy (non-hydrogen) atoms. The molecule has 0 aliphatic carbocycles. The number of benzene rings is 1. The second kappa shape index (κ2) is 7.69. The minimum atomic E-state index is -0.225. The third kappa shape index (κ3) is 4.49. The maximum Gasteiger partial charge on any atom is 0.319 e. The fourth-order valence-electron chi connectivity index (χ4n) is 1.91. The van der Waals surface area contributed by atoms with Crippen LogP contribution in [-0.4, -0.2) is 16.8 Å². The number of carbonyl (C=O) groups excluding carboxylic acids is 1. The standard InChI is InChI=1S/C16H19N3OS/c1-3-21-15-10-5-4-9-14(15)19-16(20)18-12(2)13-8-6-7-11-17-13/h4-12H,3H2,1-2H3,(H2,18,19,20)/t12-/m0/s1. The van der Waals surface area contributed by atoms with Gasteiger partial charge in [0.05, 0.1) is 17.4 Å². The normalized spacial score (nSPS) is 11.7. The zero-order valence-corrected chi connectivity index (χ0v) is 13.0. The number of anilines is 1. The van der Waals surface area contributed by atoms with Gasteiger partial charge in [-0.25, -0.2) is 4.79 Å². The van der Waals surface area contributed by atoms with Crippen LogP contribution in [0, 0.1) is 0 Å². The predicted octanol–water partition coefficient (Wildman–Crippen LogP) is 4.08. The first-order chi connectivity index (χ1) is 10.2. The molecule has 0 radical (unpaired) electrons. The van der Waals surface area contributed by atoms with Gasteiger partial charge in [-0.1, -0.05) is 25.1 Å². The van der Waals surface area contributed by atoms with Gasteiger partial charge in [-0.2, -0.15) is 0 Å². The van der Waals surface area contributed by atoms with E-state index < -0.39 is 0 Å². The van der Waals surface area contributed by atoms with Crippen molar-refractivity contribution in [2.75, 3.05) is 11.1 Å². The Balaban J connectivity index is 1.99. The minimum Gasteiger partial charge on any atom is -0.330 e. The van der Waals surface area contributed by atoms with Gasteiger partial charge in [-0.05, 0) is 36.9 Å². The van der Waals surface area contributed by atoms with Crippen molar-refractivity contribution in [3.05, 3.63) is 54.4 Å². The molecule has 1 aromatic heterocycles. The Labute approximate surface area is 129 Å². The lowest BCUT2D eigenvalue weighted by Gasteiger charge is -2.15. The minimum absolute atomic E-state index is 0.141. The SMILES string of the molecule is CCSc1ccccc1NC(=O)N[C@@H](C)c1ccccn1. The first-order valence-corrected chi connectivity index (χ1v) is 7.89. The van der Waals surface area contributed by atoms with Crippen molar-refractivity contribution in [1.29, 1.82) is 0 Å². The molecule has 5 heteroatoms. The van der Waals surface area contributed by atoms with Crippen LogP contribution in [0.5, 0.6) is 0 Å². The smallest absolute Gasteiger partial charge is 0.319 e. The van der Waals surface area contributed by atoms with Crippen LogP contribution in [0.1, 0.15) is 25.6 Å². The Morgan fingerprint density at radius 3 is 2.71 bits per heavy atom. The third-order valence-corrected chi connectivity index (χ3v) is 3.87. The molecule has 4 nitrogen and oxygen atoms in total. The molecular weight excluding hydrogens is 282 g/mol. The maximum atomic E-state index is 12.1. The number of carbonyl (C=O) groups is 1. The summed E-state index contributed by atoms with van der Waals surface area (Å²) in [7, 11) is 0. The van der Waals surface area contributed by atoms with Crippen LogP contribution in [0.4, 0.5) is 10.5 Å². The summed E-state index contributed by atoms with van der Waals surface area (Å²) in [5, 5.41) is 5.79. The number of pyridine rings is 1. The molecule has 2 amide bonds. The van der Waals surface area contributed by atoms with Crippen molar-refractivity contribution in [3.63, 3.8) is 0 Å². The number of hydrogen-bond acceptors (Lipinski definition) is 3. The van der Waals surface area contributed by atoms with Gasteiger partial charge >= 0.3 is 6.03 Å². The van der Waals surface area contributed by atoms with Gasteiger partial charge in [0.1, 0.15) is 0 Å². The number of para-hydroxylation sites is 1. The molecular formula is C16H19N3OS. The highest BCUT2D eigenvalue weighted by atomic mass is 32.2. The van der Waals surface area contributed by atoms with E-state index in [0.717, 1.165) is 22.0 Å². The molecule has 1 heterocycles. The molecule has 1 aromatic carbocycles. The highest BCUT2D eigenvalue weighted by Crippen LogP contribution is 2.26. The van der Waals surface area contributed by atoms with Crippen molar-refractivity contribution >= 4 is 23.5 Å². The van der Waals surface area contributed by atoms with E-state index in [1.807, 2.05) is 49.4 Å². The second-order valence-corrected chi connectivity index (χ2v) is 5.81. The molecule has 0 saturated heterocycles. The fraction of sp³-hybridized carbons (Fsp3) is 0.250. The number of amides is 2. The molecule has 0 spiro atoms. The summed E-state index contributed by atoms with van der Waals surface area (Å²) in [5.41, 5.74) is 1.67. The Bertz CT molecular complexity index is 589. The van der Waals surface area contributed by atoms with Crippen molar-refractivity contribution in [2.45, 2.75) is 24.8 Å². The van der Waals surface area contributed by atoms with Gasteiger partial charge in [-0.3, -0.25) is 4.98 Å². The summed E-state index contributed by atoms with van der Waals surface area (Å²) < 4.78 is 0. The average Bonchev–Trinajstić information content (AvgIpc) is 2.50. The summed E-state index contributed by atoms with van der Waals surface area (Å²) in [6, 6.07) is 13.1. The number of nitrogens with one attached hydrogen (secondary N) is 2. The summed E-state index contributed by atoms with van der Waals surface area (Å²) >= 11 is 1.70. The van der Waals surface area contributed by atoms with E-state index in [2.05, 4.69) is 22.5 Å². The topological polar surface area (TPSA) is 54.0 Å². The first kappa shape index (κ1) is 15.4. The van der Waals surface area contributed by atoms with Crippen LogP contribution in [0.2, 0.25) is 0 Å². The van der Waals surface area contributed by atoms with Gasteiger partial charge in [0.15, 0.2) is 0 Å². The van der Waals surface area contributed by atoms with Crippen molar-refractivity contribution in [3.8, 4) is 0 Å². The van der Waals surface area contributed by atoms with E-state index >= 15 is 0 Å². The molecule has 0 aliphatic rings. The number of aromatic nitrogens is 1. The van der Waals surface area contributed by atoms with Gasteiger partial charge < -0.3 is 10.6 Å². The average molecular weight is 301 g/mol. The van der Waals surface area contributed by atoms with E-state index in [9.17, 15) is 4.79 Å². The molecule has 0 unspecified atom stereocenters. The molecule has 0 aliphatic heterocycles. The van der Waals surface area contributed by atoms with Crippen molar-refractivity contribution in [2.24, 2.45) is 0 Å². The number of nitrogens with zero attached hydrogens (tertiary/aromatic N) is 1. The quantitative estimate of drug-likeness (QED) is 0.818. The fourth-order valence-corrected chi connectivity index (χ4v) is 2.67. The molecule has 1 atom stereocenters. The van der Waals surface area contributed by atoms with Gasteiger partial charge in [0.25, 0.3) is 0 Å². The van der Waals surface area contributed by atoms with E-state index in [-0.39, 0.29) is 12.1 Å². The summed E-state index contributed by atoms with van der Waals surface area (Å²) in [6.07, 6.45) is 1.72. The summed E-state index contributed by atoms with van der Waals surface area (Å²) in [5.74, 6) is 0.963. The molecule has 2 aromatic rings. The van der Waals surface area contributed by atoms with Crippen LogP contribution in [-0.2, 0) is 0 Å². The predicted molar refractivity (Wildman–Crippen MR) is 87.6 cm³/mol. The Hall–Kier alpha value is -2.01. The third-order valence-electron chi connectivity index (χ3n) is 2.91. The lowest BCUT2D eigenvalue weighted by atomic mass is 10.2. The number of rotatable bonds is 5. The summed E-state index contributed by atoms with van der Waals surface area (Å²) in [6.45, 7) is 4.00. The Morgan fingerprint density at radius 2 is 2.00 bits per heavy atom. The van der Waals surface area contributed by atoms with Crippen LogP contribution in [0.3, 0.4) is 0 Å². The molecule has 110 valence electrons. The molecule has 0 bridgehead atoms. The molecule has 2 N–H and O–H groups in total.